The number of hydrogen-bond donors (Lipinski definition) is 1. The summed E-state index contributed by atoms with van der Waals surface area (Å²) >= 11 is 2.05. The topological polar surface area (TPSA) is 48.7 Å². The summed E-state index contributed by atoms with van der Waals surface area (Å²) in [6.07, 6.45) is 0. The second kappa shape index (κ2) is 5.66. The lowest BCUT2D eigenvalue weighted by atomic mass is 10.1. The van der Waals surface area contributed by atoms with Crippen molar-refractivity contribution in [1.29, 1.82) is 5.26 Å². The molecule has 1 aromatic heterocycles. The predicted octanol–water partition coefficient (Wildman–Crippen LogP) is 4.59. The Morgan fingerprint density at radius 1 is 1.14 bits per heavy atom. The number of benzene rings is 2. The molecule has 3 aromatic rings. The zero-order valence-electron chi connectivity index (χ0n) is 10.8. The van der Waals surface area contributed by atoms with E-state index >= 15 is 0 Å². The van der Waals surface area contributed by atoms with Crippen molar-refractivity contribution in [3.8, 4) is 6.07 Å². The number of hydrogen-bond acceptors (Lipinski definition) is 3. The highest BCUT2D eigenvalue weighted by atomic mass is 127. The van der Waals surface area contributed by atoms with Crippen LogP contribution in [0.25, 0.3) is 10.9 Å². The van der Waals surface area contributed by atoms with Crippen molar-refractivity contribution in [2.45, 2.75) is 0 Å². The number of para-hydroxylation sites is 1. The van der Waals surface area contributed by atoms with Gasteiger partial charge < -0.3 is 5.32 Å². The quantitative estimate of drug-likeness (QED) is 0.653. The van der Waals surface area contributed by atoms with Crippen molar-refractivity contribution >= 4 is 45.0 Å². The van der Waals surface area contributed by atoms with Crippen LogP contribution < -0.4 is 5.32 Å². The Hall–Kier alpha value is -2.20. The molecule has 0 saturated carbocycles. The van der Waals surface area contributed by atoms with Crippen LogP contribution in [0.2, 0.25) is 0 Å². The molecule has 0 fully saturated rings. The molecule has 0 radical (unpaired) electrons. The van der Waals surface area contributed by atoms with E-state index in [9.17, 15) is 9.65 Å². The Labute approximate surface area is 134 Å². The van der Waals surface area contributed by atoms with Gasteiger partial charge in [0.1, 0.15) is 11.6 Å². The van der Waals surface area contributed by atoms with E-state index in [0.717, 1.165) is 20.2 Å². The minimum atomic E-state index is -0.283. The van der Waals surface area contributed by atoms with Gasteiger partial charge in [-0.25, -0.2) is 9.37 Å². The lowest BCUT2D eigenvalue weighted by molar-refractivity contribution is 0.627. The van der Waals surface area contributed by atoms with Gasteiger partial charge in [0.25, 0.3) is 0 Å². The highest BCUT2D eigenvalue weighted by Gasteiger charge is 2.07. The second-order valence-corrected chi connectivity index (χ2v) is 5.60. The maximum atomic E-state index is 13.1. The van der Waals surface area contributed by atoms with Gasteiger partial charge >= 0.3 is 0 Å². The smallest absolute Gasteiger partial charge is 0.132 e. The maximum absolute atomic E-state index is 13.1. The van der Waals surface area contributed by atoms with Crippen molar-refractivity contribution in [3.05, 3.63) is 63.5 Å². The summed E-state index contributed by atoms with van der Waals surface area (Å²) in [5, 5.41) is 13.2. The number of fused-ring (bicyclic) bond motifs is 1. The van der Waals surface area contributed by atoms with Gasteiger partial charge in [0, 0.05) is 8.96 Å². The Balaban J connectivity index is 2.07. The summed E-state index contributed by atoms with van der Waals surface area (Å²) in [4.78, 5) is 4.48. The van der Waals surface area contributed by atoms with Crippen LogP contribution in [0.3, 0.4) is 0 Å². The van der Waals surface area contributed by atoms with Crippen LogP contribution in [0.5, 0.6) is 0 Å². The van der Waals surface area contributed by atoms with Crippen molar-refractivity contribution in [3.63, 3.8) is 0 Å². The van der Waals surface area contributed by atoms with Gasteiger partial charge in [-0.1, -0.05) is 18.2 Å². The van der Waals surface area contributed by atoms with Gasteiger partial charge in [0.2, 0.25) is 0 Å². The molecule has 0 amide bonds. The van der Waals surface area contributed by atoms with Gasteiger partial charge in [-0.05, 0) is 52.9 Å². The molecule has 0 bridgehead atoms. The van der Waals surface area contributed by atoms with Crippen LogP contribution in [0.4, 0.5) is 15.9 Å². The summed E-state index contributed by atoms with van der Waals surface area (Å²) in [7, 11) is 0. The van der Waals surface area contributed by atoms with E-state index in [-0.39, 0.29) is 5.82 Å². The molecule has 0 aliphatic heterocycles. The maximum Gasteiger partial charge on any atom is 0.132 e. The summed E-state index contributed by atoms with van der Waals surface area (Å²) in [5.41, 5.74) is 2.06. The van der Waals surface area contributed by atoms with Crippen molar-refractivity contribution in [1.82, 2.24) is 4.98 Å². The van der Waals surface area contributed by atoms with Crippen molar-refractivity contribution in [2.75, 3.05) is 5.32 Å². The van der Waals surface area contributed by atoms with Crippen LogP contribution in [0.1, 0.15) is 5.56 Å². The summed E-state index contributed by atoms with van der Waals surface area (Å²) < 4.78 is 13.9. The van der Waals surface area contributed by atoms with E-state index in [1.165, 1.54) is 12.1 Å². The molecule has 102 valence electrons. The lowest BCUT2D eigenvalue weighted by Crippen LogP contribution is -1.98. The average molecular weight is 389 g/mol. The predicted molar refractivity (Wildman–Crippen MR) is 88.9 cm³/mol. The normalized spacial score (nSPS) is 10.3. The van der Waals surface area contributed by atoms with Gasteiger partial charge in [0.15, 0.2) is 0 Å². The number of nitrogens with one attached hydrogen (secondary N) is 1. The van der Waals surface area contributed by atoms with E-state index in [1.807, 2.05) is 24.3 Å². The van der Waals surface area contributed by atoms with Gasteiger partial charge in [0.05, 0.1) is 22.8 Å². The van der Waals surface area contributed by atoms with E-state index in [1.54, 1.807) is 12.1 Å². The molecule has 5 heteroatoms. The zero-order valence-corrected chi connectivity index (χ0v) is 12.9. The molecule has 0 saturated heterocycles. The van der Waals surface area contributed by atoms with Gasteiger partial charge in [-0.15, -0.1) is 0 Å². The fourth-order valence-electron chi connectivity index (χ4n) is 2.06. The molecule has 0 unspecified atom stereocenters. The summed E-state index contributed by atoms with van der Waals surface area (Å²) in [6, 6.07) is 15.8. The summed E-state index contributed by atoms with van der Waals surface area (Å²) in [6.45, 7) is 0. The molecule has 1 heterocycles. The third-order valence-corrected chi connectivity index (χ3v) is 3.92. The zero-order chi connectivity index (χ0) is 14.8. The number of nitrogens with zero attached hydrogens (tertiary/aromatic N) is 2. The van der Waals surface area contributed by atoms with E-state index in [4.69, 9.17) is 0 Å². The highest BCUT2D eigenvalue weighted by molar-refractivity contribution is 14.1. The molecule has 0 atom stereocenters. The Kier molecular flexibility index (Phi) is 3.71. The highest BCUT2D eigenvalue weighted by Crippen LogP contribution is 2.25. The van der Waals surface area contributed by atoms with Crippen molar-refractivity contribution in [2.24, 2.45) is 0 Å². The molecule has 0 aliphatic rings. The minimum Gasteiger partial charge on any atom is -0.339 e. The number of halogens is 2. The Bertz CT molecular complexity index is 871. The van der Waals surface area contributed by atoms with Crippen LogP contribution in [-0.4, -0.2) is 4.98 Å². The van der Waals surface area contributed by atoms with Crippen molar-refractivity contribution < 1.29 is 4.39 Å². The number of pyridine rings is 1. The molecular formula is C16H9FIN3. The van der Waals surface area contributed by atoms with Crippen LogP contribution in [0, 0.1) is 20.7 Å². The van der Waals surface area contributed by atoms with Crippen LogP contribution >= 0.6 is 22.6 Å². The molecule has 1 N–H and O–H groups in total. The van der Waals surface area contributed by atoms with E-state index < -0.39 is 0 Å². The standard InChI is InChI=1S/C16H9FIN3/c17-11-5-6-15(13(18)8-11)21-16-7-10(9-19)12-3-1-2-4-14(12)20-16/h1-8H,(H,20,21). The first-order valence-corrected chi connectivity index (χ1v) is 7.27. The fourth-order valence-corrected chi connectivity index (χ4v) is 2.67. The lowest BCUT2D eigenvalue weighted by Gasteiger charge is -2.09. The monoisotopic (exact) mass is 389 g/mol. The van der Waals surface area contributed by atoms with Crippen LogP contribution in [-0.2, 0) is 0 Å². The first-order chi connectivity index (χ1) is 10.2. The van der Waals surface area contributed by atoms with E-state index in [0.29, 0.717) is 11.4 Å². The SMILES string of the molecule is N#Cc1cc(Nc2ccc(F)cc2I)nc2ccccc12. The molecule has 0 spiro atoms. The third kappa shape index (κ3) is 2.81. The average Bonchev–Trinajstić information content (AvgIpc) is 2.49. The fraction of sp³-hybridized carbons (Fsp3) is 0. The Morgan fingerprint density at radius 2 is 1.95 bits per heavy atom. The molecular weight excluding hydrogens is 380 g/mol. The Morgan fingerprint density at radius 3 is 2.71 bits per heavy atom. The molecule has 2 aromatic carbocycles. The number of rotatable bonds is 2. The number of aromatic nitrogens is 1. The molecule has 3 rings (SSSR count). The first kappa shape index (κ1) is 13.8. The molecule has 3 nitrogen and oxygen atoms in total. The van der Waals surface area contributed by atoms with E-state index in [2.05, 4.69) is 39.0 Å². The van der Waals surface area contributed by atoms with Crippen LogP contribution in [0.15, 0.2) is 48.5 Å². The number of nitriles is 1. The molecule has 0 aliphatic carbocycles. The van der Waals surface area contributed by atoms with Gasteiger partial charge in [-0.3, -0.25) is 0 Å². The summed E-state index contributed by atoms with van der Waals surface area (Å²) in [5.74, 6) is 0.281. The van der Waals surface area contributed by atoms with Gasteiger partial charge in [-0.2, -0.15) is 5.26 Å². The largest absolute Gasteiger partial charge is 0.339 e. The number of anilines is 2. The molecule has 21 heavy (non-hydrogen) atoms. The second-order valence-electron chi connectivity index (χ2n) is 4.43. The third-order valence-electron chi connectivity index (χ3n) is 3.03. The first-order valence-electron chi connectivity index (χ1n) is 6.19. The minimum absolute atomic E-state index is 0.283.